The van der Waals surface area contributed by atoms with Gasteiger partial charge in [0.15, 0.2) is 0 Å². The van der Waals surface area contributed by atoms with Gasteiger partial charge in [0.2, 0.25) is 0 Å². The molecule has 0 N–H and O–H groups in total. The molecule has 44 valence electrons. The fourth-order valence-corrected chi connectivity index (χ4v) is 0.960. The summed E-state index contributed by atoms with van der Waals surface area (Å²) in [5.74, 6) is 1.52. The van der Waals surface area contributed by atoms with Gasteiger partial charge in [0.05, 0.1) is 0 Å². The molecule has 7 heavy (non-hydrogen) atoms. The summed E-state index contributed by atoms with van der Waals surface area (Å²) in [6, 6.07) is 0. The number of rotatable bonds is 3. The van der Waals surface area contributed by atoms with Crippen molar-refractivity contribution in [1.82, 2.24) is 0 Å². The first-order chi connectivity index (χ1) is 3.31. The largest absolute Gasteiger partial charge is 0.127 e. The minimum absolute atomic E-state index is 0.734. The van der Waals surface area contributed by atoms with Crippen molar-refractivity contribution in [2.45, 2.75) is 13.3 Å². The highest BCUT2D eigenvalue weighted by Gasteiger charge is 1.94. The van der Waals surface area contributed by atoms with E-state index < -0.39 is 0 Å². The van der Waals surface area contributed by atoms with Gasteiger partial charge in [-0.1, -0.05) is 22.9 Å². The van der Waals surface area contributed by atoms with Gasteiger partial charge >= 0.3 is 0 Å². The third-order valence-electron chi connectivity index (χ3n) is 0.865. The summed E-state index contributed by atoms with van der Waals surface area (Å²) in [4.78, 5) is 0. The van der Waals surface area contributed by atoms with Crippen molar-refractivity contribution in [3.63, 3.8) is 0 Å². The standard InChI is InChI=1S/C5H10BrCl/c1-5(4-6)2-3-7/h5H,2-4H2,1H3/t5-/m0/s1. The Morgan fingerprint density at radius 1 is 1.71 bits per heavy atom. The Bertz CT molecular complexity index is 39.1. The number of halogens is 2. The average molecular weight is 185 g/mol. The molecule has 0 heterocycles. The summed E-state index contributed by atoms with van der Waals surface area (Å²) in [7, 11) is 0. The fraction of sp³-hybridized carbons (Fsp3) is 1.00. The molecule has 0 rings (SSSR count). The van der Waals surface area contributed by atoms with Crippen molar-refractivity contribution in [3.8, 4) is 0 Å². The number of alkyl halides is 2. The first-order valence-corrected chi connectivity index (χ1v) is 4.08. The predicted molar refractivity (Wildman–Crippen MR) is 38.3 cm³/mol. The van der Waals surface area contributed by atoms with Crippen LogP contribution in [0.1, 0.15) is 13.3 Å². The maximum atomic E-state index is 5.45. The van der Waals surface area contributed by atoms with Gasteiger partial charge in [0.25, 0.3) is 0 Å². The SMILES string of the molecule is C[C@H](CBr)CCCl. The normalized spacial score (nSPS) is 14.1. The van der Waals surface area contributed by atoms with Crippen molar-refractivity contribution in [2.75, 3.05) is 11.2 Å². The lowest BCUT2D eigenvalue weighted by molar-refractivity contribution is 0.645. The van der Waals surface area contributed by atoms with Crippen LogP contribution in [0.25, 0.3) is 0 Å². The summed E-state index contributed by atoms with van der Waals surface area (Å²) < 4.78 is 0. The van der Waals surface area contributed by atoms with Gasteiger partial charge in [-0.25, -0.2) is 0 Å². The first-order valence-electron chi connectivity index (χ1n) is 2.43. The zero-order valence-corrected chi connectivity index (χ0v) is 6.80. The molecule has 0 unspecified atom stereocenters. The van der Waals surface area contributed by atoms with E-state index in [2.05, 4.69) is 22.9 Å². The second-order valence-corrected chi connectivity index (χ2v) is 2.76. The van der Waals surface area contributed by atoms with Crippen molar-refractivity contribution in [2.24, 2.45) is 5.92 Å². The quantitative estimate of drug-likeness (QED) is 0.593. The Morgan fingerprint density at radius 2 is 2.29 bits per heavy atom. The van der Waals surface area contributed by atoms with Crippen LogP contribution in [-0.4, -0.2) is 11.2 Å². The third-order valence-corrected chi connectivity index (χ3v) is 2.19. The molecule has 0 aromatic heterocycles. The van der Waals surface area contributed by atoms with Crippen LogP contribution in [0, 0.1) is 5.92 Å². The maximum Gasteiger partial charge on any atom is 0.0226 e. The molecule has 0 saturated heterocycles. The molecular weight excluding hydrogens is 175 g/mol. The van der Waals surface area contributed by atoms with Gasteiger partial charge in [-0.3, -0.25) is 0 Å². The number of hydrogen-bond acceptors (Lipinski definition) is 0. The maximum absolute atomic E-state index is 5.45. The van der Waals surface area contributed by atoms with Crippen LogP contribution in [0.4, 0.5) is 0 Å². The van der Waals surface area contributed by atoms with Crippen LogP contribution in [0.5, 0.6) is 0 Å². The Morgan fingerprint density at radius 3 is 2.43 bits per heavy atom. The average Bonchev–Trinajstić information content (AvgIpc) is 1.68. The molecule has 0 nitrogen and oxygen atoms in total. The third kappa shape index (κ3) is 4.63. The molecule has 0 aromatic carbocycles. The van der Waals surface area contributed by atoms with Gasteiger partial charge in [0.1, 0.15) is 0 Å². The van der Waals surface area contributed by atoms with Gasteiger partial charge in [-0.15, -0.1) is 11.6 Å². The summed E-state index contributed by atoms with van der Waals surface area (Å²) in [6.45, 7) is 2.18. The van der Waals surface area contributed by atoms with Gasteiger partial charge in [0, 0.05) is 11.2 Å². The van der Waals surface area contributed by atoms with E-state index in [1.165, 1.54) is 0 Å². The highest BCUT2D eigenvalue weighted by Crippen LogP contribution is 2.05. The van der Waals surface area contributed by atoms with Gasteiger partial charge in [-0.2, -0.15) is 0 Å². The lowest BCUT2D eigenvalue weighted by Gasteiger charge is -2.00. The molecule has 0 radical (unpaired) electrons. The fourth-order valence-electron chi connectivity index (χ4n) is 0.263. The zero-order valence-electron chi connectivity index (χ0n) is 4.45. The molecule has 1 atom stereocenters. The summed E-state index contributed by atoms with van der Waals surface area (Å²) in [5.41, 5.74) is 0. The zero-order chi connectivity index (χ0) is 5.70. The summed E-state index contributed by atoms with van der Waals surface area (Å²) >= 11 is 8.81. The van der Waals surface area contributed by atoms with Crippen LogP contribution in [0.15, 0.2) is 0 Å². The minimum atomic E-state index is 0.734. The van der Waals surface area contributed by atoms with Crippen LogP contribution in [0.3, 0.4) is 0 Å². The molecule has 0 bridgehead atoms. The Balaban J connectivity index is 2.83. The van der Waals surface area contributed by atoms with Crippen LogP contribution < -0.4 is 0 Å². The minimum Gasteiger partial charge on any atom is -0.127 e. The predicted octanol–water partition coefficient (Wildman–Crippen LogP) is 2.65. The Kier molecular flexibility index (Phi) is 5.46. The van der Waals surface area contributed by atoms with Crippen molar-refractivity contribution in [3.05, 3.63) is 0 Å². The molecule has 0 aliphatic rings. The van der Waals surface area contributed by atoms with Crippen molar-refractivity contribution >= 4 is 27.5 Å². The molecule has 2 heteroatoms. The van der Waals surface area contributed by atoms with E-state index in [4.69, 9.17) is 11.6 Å². The van der Waals surface area contributed by atoms with E-state index in [9.17, 15) is 0 Å². The van der Waals surface area contributed by atoms with E-state index in [1.807, 2.05) is 0 Å². The number of hydrogen-bond donors (Lipinski definition) is 0. The molecule has 0 spiro atoms. The first kappa shape index (κ1) is 7.77. The summed E-state index contributed by atoms with van der Waals surface area (Å²) in [6.07, 6.45) is 1.12. The lowest BCUT2D eigenvalue weighted by Crippen LogP contribution is -1.94. The van der Waals surface area contributed by atoms with Crippen LogP contribution in [0.2, 0.25) is 0 Å². The summed E-state index contributed by atoms with van der Waals surface area (Å²) in [5, 5.41) is 1.07. The molecule has 0 fully saturated rings. The Labute approximate surface area is 58.4 Å². The topological polar surface area (TPSA) is 0 Å². The molecular formula is C5H10BrCl. The lowest BCUT2D eigenvalue weighted by atomic mass is 10.2. The molecule has 0 aromatic rings. The highest BCUT2D eigenvalue weighted by atomic mass is 79.9. The molecule has 0 aliphatic heterocycles. The van der Waals surface area contributed by atoms with E-state index in [-0.39, 0.29) is 0 Å². The molecule has 0 aliphatic carbocycles. The van der Waals surface area contributed by atoms with Gasteiger partial charge < -0.3 is 0 Å². The Hall–Kier alpha value is 0.770. The van der Waals surface area contributed by atoms with Crippen molar-refractivity contribution < 1.29 is 0 Å². The van der Waals surface area contributed by atoms with Crippen molar-refractivity contribution in [1.29, 1.82) is 0 Å². The van der Waals surface area contributed by atoms with Crippen LogP contribution in [-0.2, 0) is 0 Å². The van der Waals surface area contributed by atoms with E-state index in [0.29, 0.717) is 0 Å². The highest BCUT2D eigenvalue weighted by molar-refractivity contribution is 9.09. The second-order valence-electron chi connectivity index (χ2n) is 1.74. The van der Waals surface area contributed by atoms with E-state index in [1.54, 1.807) is 0 Å². The monoisotopic (exact) mass is 184 g/mol. The second kappa shape index (κ2) is 4.92. The van der Waals surface area contributed by atoms with Gasteiger partial charge in [-0.05, 0) is 12.3 Å². The van der Waals surface area contributed by atoms with E-state index in [0.717, 1.165) is 23.5 Å². The molecule has 0 saturated carbocycles. The van der Waals surface area contributed by atoms with Crippen LogP contribution >= 0.6 is 27.5 Å². The molecule has 0 amide bonds. The smallest absolute Gasteiger partial charge is 0.0226 e. The van der Waals surface area contributed by atoms with E-state index >= 15 is 0 Å².